The van der Waals surface area contributed by atoms with E-state index >= 15 is 0 Å². The molecule has 0 amide bonds. The van der Waals surface area contributed by atoms with Crippen LogP contribution in [0.1, 0.15) is 18.5 Å². The number of aromatic nitrogens is 1. The van der Waals surface area contributed by atoms with E-state index in [-0.39, 0.29) is 16.6 Å². The summed E-state index contributed by atoms with van der Waals surface area (Å²) in [5, 5.41) is 17.6. The first kappa shape index (κ1) is 12.0. The molecule has 90 valence electrons. The van der Waals surface area contributed by atoms with Crippen molar-refractivity contribution in [1.82, 2.24) is 9.71 Å². The molecule has 0 spiro atoms. The van der Waals surface area contributed by atoms with Crippen molar-refractivity contribution in [3.05, 3.63) is 24.0 Å². The number of rotatable bonds is 3. The first-order valence-electron chi connectivity index (χ1n) is 5.08. The topological polar surface area (TPSA) is 103 Å². The van der Waals surface area contributed by atoms with Gasteiger partial charge in [-0.05, 0) is 25.0 Å². The normalized spacial score (nSPS) is 23.8. The Morgan fingerprint density at radius 3 is 2.65 bits per heavy atom. The van der Waals surface area contributed by atoms with Gasteiger partial charge in [0.2, 0.25) is 10.0 Å². The Morgan fingerprint density at radius 2 is 2.18 bits per heavy atom. The summed E-state index contributed by atoms with van der Waals surface area (Å²) in [5.74, 6) is 0. The van der Waals surface area contributed by atoms with Crippen LogP contribution in [0, 0.1) is 11.3 Å². The second kappa shape index (κ2) is 4.41. The van der Waals surface area contributed by atoms with Crippen molar-refractivity contribution in [2.75, 3.05) is 0 Å². The number of sulfonamides is 1. The number of aliphatic hydroxyl groups excluding tert-OH is 1. The molecular weight excluding hydrogens is 242 g/mol. The van der Waals surface area contributed by atoms with E-state index in [9.17, 15) is 8.42 Å². The molecule has 0 aromatic carbocycles. The SMILES string of the molecule is N#Cc1ccc(S(=O)(=O)NC2CC(O)C2)cn1. The molecule has 6 nitrogen and oxygen atoms in total. The quantitative estimate of drug-likeness (QED) is 0.773. The van der Waals surface area contributed by atoms with Gasteiger partial charge in [0.25, 0.3) is 0 Å². The fourth-order valence-corrected chi connectivity index (χ4v) is 2.78. The summed E-state index contributed by atoms with van der Waals surface area (Å²) >= 11 is 0. The Kier molecular flexibility index (Phi) is 3.11. The molecule has 0 radical (unpaired) electrons. The van der Waals surface area contributed by atoms with Crippen LogP contribution in [0.2, 0.25) is 0 Å². The Labute approximate surface area is 99.0 Å². The third-order valence-electron chi connectivity index (χ3n) is 2.60. The molecule has 0 bridgehead atoms. The van der Waals surface area contributed by atoms with Gasteiger partial charge in [0.15, 0.2) is 0 Å². The number of hydrogen-bond donors (Lipinski definition) is 2. The lowest BCUT2D eigenvalue weighted by molar-refractivity contribution is 0.0712. The van der Waals surface area contributed by atoms with Crippen molar-refractivity contribution in [1.29, 1.82) is 5.26 Å². The maximum absolute atomic E-state index is 11.8. The molecule has 1 aromatic rings. The highest BCUT2D eigenvalue weighted by Crippen LogP contribution is 2.21. The maximum atomic E-state index is 11.8. The van der Waals surface area contributed by atoms with Crippen LogP contribution in [0.3, 0.4) is 0 Å². The maximum Gasteiger partial charge on any atom is 0.242 e. The summed E-state index contributed by atoms with van der Waals surface area (Å²) in [7, 11) is -3.60. The predicted octanol–water partition coefficient (Wildman–Crippen LogP) is -0.245. The van der Waals surface area contributed by atoms with Gasteiger partial charge in [0.1, 0.15) is 16.7 Å². The summed E-state index contributed by atoms with van der Waals surface area (Å²) in [6, 6.07) is 4.29. The minimum absolute atomic E-state index is 0.0258. The first-order valence-corrected chi connectivity index (χ1v) is 6.56. The second-order valence-corrected chi connectivity index (χ2v) is 5.65. The summed E-state index contributed by atoms with van der Waals surface area (Å²) in [6.45, 7) is 0. The van der Waals surface area contributed by atoms with Gasteiger partial charge in [-0.3, -0.25) is 0 Å². The van der Waals surface area contributed by atoms with Crippen LogP contribution < -0.4 is 4.72 Å². The number of nitriles is 1. The van der Waals surface area contributed by atoms with E-state index in [4.69, 9.17) is 10.4 Å². The van der Waals surface area contributed by atoms with Crippen molar-refractivity contribution in [3.63, 3.8) is 0 Å². The lowest BCUT2D eigenvalue weighted by atomic mass is 9.91. The molecule has 2 N–H and O–H groups in total. The van der Waals surface area contributed by atoms with Crippen molar-refractivity contribution < 1.29 is 13.5 Å². The molecular formula is C10H11N3O3S. The third-order valence-corrected chi connectivity index (χ3v) is 4.10. The minimum Gasteiger partial charge on any atom is -0.393 e. The van der Waals surface area contributed by atoms with Gasteiger partial charge >= 0.3 is 0 Å². The average molecular weight is 253 g/mol. The summed E-state index contributed by atoms with van der Waals surface area (Å²) in [5.41, 5.74) is 0.169. The largest absolute Gasteiger partial charge is 0.393 e. The van der Waals surface area contributed by atoms with E-state index in [0.29, 0.717) is 12.8 Å². The average Bonchev–Trinajstić information content (AvgIpc) is 2.27. The highest BCUT2D eigenvalue weighted by molar-refractivity contribution is 7.89. The molecule has 1 heterocycles. The lowest BCUT2D eigenvalue weighted by Crippen LogP contribution is -2.46. The predicted molar refractivity (Wildman–Crippen MR) is 58.3 cm³/mol. The number of aliphatic hydroxyl groups is 1. The number of nitrogens with zero attached hydrogens (tertiary/aromatic N) is 2. The second-order valence-electron chi connectivity index (χ2n) is 3.93. The van der Waals surface area contributed by atoms with Gasteiger partial charge in [-0.2, -0.15) is 5.26 Å². The number of nitrogens with one attached hydrogen (secondary N) is 1. The van der Waals surface area contributed by atoms with Gasteiger partial charge in [0, 0.05) is 12.2 Å². The van der Waals surface area contributed by atoms with Crippen LogP contribution in [0.4, 0.5) is 0 Å². The fourth-order valence-electron chi connectivity index (χ4n) is 1.58. The highest BCUT2D eigenvalue weighted by atomic mass is 32.2. The van der Waals surface area contributed by atoms with Crippen LogP contribution in [0.15, 0.2) is 23.2 Å². The number of hydrogen-bond acceptors (Lipinski definition) is 5. The standard InChI is InChI=1S/C10H11N3O3S/c11-5-7-1-2-10(6-12-7)17(15,16)13-8-3-9(14)4-8/h1-2,6,8-9,13-14H,3-4H2. The van der Waals surface area contributed by atoms with Crippen LogP contribution in [0.25, 0.3) is 0 Å². The summed E-state index contributed by atoms with van der Waals surface area (Å²) in [4.78, 5) is 3.73. The molecule has 1 aliphatic rings. The van der Waals surface area contributed by atoms with Crippen LogP contribution in [-0.4, -0.2) is 30.7 Å². The van der Waals surface area contributed by atoms with E-state index < -0.39 is 16.1 Å². The summed E-state index contributed by atoms with van der Waals surface area (Å²) in [6.07, 6.45) is 1.60. The molecule has 0 unspecified atom stereocenters. The zero-order valence-electron chi connectivity index (χ0n) is 8.87. The zero-order chi connectivity index (χ0) is 12.5. The molecule has 1 aliphatic carbocycles. The third kappa shape index (κ3) is 2.61. The zero-order valence-corrected chi connectivity index (χ0v) is 9.68. The molecule has 1 saturated carbocycles. The van der Waals surface area contributed by atoms with E-state index in [0.717, 1.165) is 6.20 Å². The molecule has 7 heteroatoms. The van der Waals surface area contributed by atoms with Crippen LogP contribution in [-0.2, 0) is 10.0 Å². The Balaban J connectivity index is 2.12. The molecule has 0 atom stereocenters. The minimum atomic E-state index is -3.60. The van der Waals surface area contributed by atoms with E-state index in [1.54, 1.807) is 0 Å². The van der Waals surface area contributed by atoms with E-state index in [1.807, 2.05) is 6.07 Å². The van der Waals surface area contributed by atoms with Gasteiger partial charge in [-0.1, -0.05) is 0 Å². The molecule has 0 aliphatic heterocycles. The van der Waals surface area contributed by atoms with Gasteiger partial charge in [-0.25, -0.2) is 18.1 Å². The van der Waals surface area contributed by atoms with Crippen molar-refractivity contribution in [2.45, 2.75) is 29.9 Å². The Morgan fingerprint density at radius 1 is 1.47 bits per heavy atom. The molecule has 1 aromatic heterocycles. The first-order chi connectivity index (χ1) is 8.01. The highest BCUT2D eigenvalue weighted by Gasteiger charge is 2.31. The molecule has 0 saturated heterocycles. The monoisotopic (exact) mass is 253 g/mol. The van der Waals surface area contributed by atoms with Crippen LogP contribution in [0.5, 0.6) is 0 Å². The smallest absolute Gasteiger partial charge is 0.242 e. The lowest BCUT2D eigenvalue weighted by Gasteiger charge is -2.31. The van der Waals surface area contributed by atoms with Gasteiger partial charge in [-0.15, -0.1) is 0 Å². The summed E-state index contributed by atoms with van der Waals surface area (Å²) < 4.78 is 26.1. The van der Waals surface area contributed by atoms with Gasteiger partial charge < -0.3 is 5.11 Å². The van der Waals surface area contributed by atoms with Gasteiger partial charge in [0.05, 0.1) is 6.10 Å². The molecule has 17 heavy (non-hydrogen) atoms. The fraction of sp³-hybridized carbons (Fsp3) is 0.400. The van der Waals surface area contributed by atoms with E-state index in [2.05, 4.69) is 9.71 Å². The Hall–Kier alpha value is -1.49. The number of pyridine rings is 1. The molecule has 2 rings (SSSR count). The van der Waals surface area contributed by atoms with Crippen LogP contribution >= 0.6 is 0 Å². The van der Waals surface area contributed by atoms with Crippen molar-refractivity contribution >= 4 is 10.0 Å². The Bertz CT molecular complexity index is 541. The van der Waals surface area contributed by atoms with Crippen molar-refractivity contribution in [3.8, 4) is 6.07 Å². The van der Waals surface area contributed by atoms with E-state index in [1.165, 1.54) is 12.1 Å². The van der Waals surface area contributed by atoms with Crippen molar-refractivity contribution in [2.24, 2.45) is 0 Å². The molecule has 1 fully saturated rings.